The number of hydrogen-bond acceptors (Lipinski definition) is 5. The monoisotopic (exact) mass is 293 g/mol. The van der Waals surface area contributed by atoms with Gasteiger partial charge in [0.15, 0.2) is 6.04 Å². The van der Waals surface area contributed by atoms with Gasteiger partial charge in [-0.2, -0.15) is 0 Å². The second-order valence-electron chi connectivity index (χ2n) is 4.56. The van der Waals surface area contributed by atoms with E-state index in [-0.39, 0.29) is 18.8 Å². The summed E-state index contributed by atoms with van der Waals surface area (Å²) in [5, 5.41) is 21.4. The molecular formula is C15H19NO5. The van der Waals surface area contributed by atoms with E-state index in [1.165, 1.54) is 18.2 Å². The number of benzene rings is 1. The van der Waals surface area contributed by atoms with E-state index in [0.29, 0.717) is 16.8 Å². The first-order valence-electron chi connectivity index (χ1n) is 6.47. The van der Waals surface area contributed by atoms with Gasteiger partial charge >= 0.3 is 11.9 Å². The topological polar surface area (TPSA) is 95.9 Å². The average molecular weight is 293 g/mol. The van der Waals surface area contributed by atoms with Crippen LogP contribution in [-0.4, -0.2) is 28.8 Å². The van der Waals surface area contributed by atoms with Gasteiger partial charge in [-0.25, -0.2) is 4.79 Å². The number of hydrogen-bond donors (Lipinski definition) is 3. The van der Waals surface area contributed by atoms with Crippen molar-refractivity contribution in [3.63, 3.8) is 0 Å². The first-order valence-corrected chi connectivity index (χ1v) is 6.47. The first kappa shape index (κ1) is 16.6. The summed E-state index contributed by atoms with van der Waals surface area (Å²) >= 11 is 0. The third kappa shape index (κ3) is 4.83. The molecule has 0 heterocycles. The van der Waals surface area contributed by atoms with Crippen LogP contribution in [0.5, 0.6) is 5.75 Å². The van der Waals surface area contributed by atoms with Crippen LogP contribution in [0.15, 0.2) is 30.5 Å². The van der Waals surface area contributed by atoms with E-state index in [1.807, 2.05) is 0 Å². The van der Waals surface area contributed by atoms with E-state index in [0.717, 1.165) is 0 Å². The van der Waals surface area contributed by atoms with Gasteiger partial charge in [0.2, 0.25) is 0 Å². The number of carbonyl (C=O) groups excluding carboxylic acids is 1. The summed E-state index contributed by atoms with van der Waals surface area (Å²) in [5.74, 6) is -1.64. The lowest BCUT2D eigenvalue weighted by atomic mass is 9.97. The molecule has 0 aromatic heterocycles. The van der Waals surface area contributed by atoms with Crippen molar-refractivity contribution in [1.29, 1.82) is 0 Å². The van der Waals surface area contributed by atoms with Gasteiger partial charge < -0.3 is 20.3 Å². The lowest BCUT2D eigenvalue weighted by molar-refractivity contribution is -0.145. The largest absolute Gasteiger partial charge is 0.508 e. The molecule has 0 aliphatic carbocycles. The number of esters is 1. The zero-order valence-electron chi connectivity index (χ0n) is 12.0. The molecule has 1 atom stereocenters. The Bertz CT molecular complexity index is 553. The van der Waals surface area contributed by atoms with Crippen molar-refractivity contribution in [2.75, 3.05) is 6.61 Å². The van der Waals surface area contributed by atoms with Crippen LogP contribution >= 0.6 is 0 Å². The molecule has 0 fully saturated rings. The normalized spacial score (nSPS) is 11.5. The number of carboxylic acids is 1. The molecule has 6 nitrogen and oxygen atoms in total. The minimum atomic E-state index is -1.03. The smallest absolute Gasteiger partial charge is 0.333 e. The van der Waals surface area contributed by atoms with Crippen LogP contribution in [0.1, 0.15) is 31.0 Å². The van der Waals surface area contributed by atoms with Crippen molar-refractivity contribution >= 4 is 11.9 Å². The Labute approximate surface area is 123 Å². The van der Waals surface area contributed by atoms with Crippen LogP contribution in [-0.2, 0) is 20.7 Å². The number of rotatable bonds is 7. The summed E-state index contributed by atoms with van der Waals surface area (Å²) in [6.45, 7) is 7.22. The summed E-state index contributed by atoms with van der Waals surface area (Å²) in [7, 11) is 0. The SMILES string of the molecule is C=C(C)NC(C(=O)OCC)c1cc(O)ccc1CC(=O)O. The molecule has 1 unspecified atom stereocenters. The van der Waals surface area contributed by atoms with Gasteiger partial charge in [-0.05, 0) is 37.1 Å². The Kier molecular flexibility index (Phi) is 5.78. The van der Waals surface area contributed by atoms with Crippen LogP contribution in [0.3, 0.4) is 0 Å². The lowest BCUT2D eigenvalue weighted by Crippen LogP contribution is -2.30. The van der Waals surface area contributed by atoms with E-state index in [9.17, 15) is 14.7 Å². The standard InChI is InChI=1S/C15H19NO5/c1-4-21-15(20)14(16-9(2)3)12-8-11(17)6-5-10(12)7-13(18)19/h5-6,8,14,16-17H,2,4,7H2,1,3H3,(H,18,19). The second kappa shape index (κ2) is 7.33. The molecule has 0 saturated carbocycles. The molecule has 0 amide bonds. The Morgan fingerprint density at radius 1 is 1.43 bits per heavy atom. The summed E-state index contributed by atoms with van der Waals surface area (Å²) in [5.41, 5.74) is 1.31. The molecule has 0 radical (unpaired) electrons. The number of nitrogens with one attached hydrogen (secondary N) is 1. The maximum Gasteiger partial charge on any atom is 0.333 e. The number of phenols is 1. The van der Waals surface area contributed by atoms with E-state index < -0.39 is 18.0 Å². The molecule has 1 aromatic rings. The highest BCUT2D eigenvalue weighted by atomic mass is 16.5. The molecule has 3 N–H and O–H groups in total. The molecule has 1 rings (SSSR count). The van der Waals surface area contributed by atoms with Crippen molar-refractivity contribution in [1.82, 2.24) is 5.32 Å². The quantitative estimate of drug-likeness (QED) is 0.663. The van der Waals surface area contributed by atoms with E-state index >= 15 is 0 Å². The molecule has 0 saturated heterocycles. The zero-order chi connectivity index (χ0) is 16.0. The van der Waals surface area contributed by atoms with Gasteiger partial charge in [-0.3, -0.25) is 4.79 Å². The molecular weight excluding hydrogens is 274 g/mol. The predicted molar refractivity (Wildman–Crippen MR) is 76.8 cm³/mol. The minimum Gasteiger partial charge on any atom is -0.508 e. The molecule has 114 valence electrons. The van der Waals surface area contributed by atoms with Crippen molar-refractivity contribution < 1.29 is 24.5 Å². The lowest BCUT2D eigenvalue weighted by Gasteiger charge is -2.21. The number of allylic oxidation sites excluding steroid dienone is 1. The number of phenolic OH excluding ortho intramolecular Hbond substituents is 1. The number of ether oxygens (including phenoxy) is 1. The molecule has 0 bridgehead atoms. The predicted octanol–water partition coefficient (Wildman–Crippen LogP) is 1.75. The molecule has 1 aromatic carbocycles. The first-order chi connectivity index (χ1) is 9.85. The fourth-order valence-electron chi connectivity index (χ4n) is 1.91. The van der Waals surface area contributed by atoms with Crippen LogP contribution in [0, 0.1) is 0 Å². The Morgan fingerprint density at radius 3 is 2.62 bits per heavy atom. The number of aromatic hydroxyl groups is 1. The fourth-order valence-corrected chi connectivity index (χ4v) is 1.91. The van der Waals surface area contributed by atoms with Crippen LogP contribution in [0.25, 0.3) is 0 Å². The summed E-state index contributed by atoms with van der Waals surface area (Å²) in [4.78, 5) is 23.0. The van der Waals surface area contributed by atoms with Crippen molar-refractivity contribution in [2.24, 2.45) is 0 Å². The van der Waals surface area contributed by atoms with Crippen molar-refractivity contribution in [3.05, 3.63) is 41.6 Å². The van der Waals surface area contributed by atoms with E-state index in [2.05, 4.69) is 11.9 Å². The van der Waals surface area contributed by atoms with Gasteiger partial charge in [-0.1, -0.05) is 12.6 Å². The van der Waals surface area contributed by atoms with Crippen LogP contribution in [0.2, 0.25) is 0 Å². The fraction of sp³-hybridized carbons (Fsp3) is 0.333. The van der Waals surface area contributed by atoms with Crippen LogP contribution < -0.4 is 5.32 Å². The van der Waals surface area contributed by atoms with E-state index in [1.54, 1.807) is 13.8 Å². The van der Waals surface area contributed by atoms with E-state index in [4.69, 9.17) is 9.84 Å². The molecule has 0 spiro atoms. The Balaban J connectivity index is 3.26. The van der Waals surface area contributed by atoms with Gasteiger partial charge in [0, 0.05) is 5.70 Å². The average Bonchev–Trinajstić information content (AvgIpc) is 2.37. The minimum absolute atomic E-state index is 0.0584. The van der Waals surface area contributed by atoms with Crippen molar-refractivity contribution in [3.8, 4) is 5.75 Å². The number of aliphatic carboxylic acids is 1. The summed E-state index contributed by atoms with van der Waals surface area (Å²) in [6, 6.07) is 3.30. The highest BCUT2D eigenvalue weighted by Gasteiger charge is 2.25. The summed E-state index contributed by atoms with van der Waals surface area (Å²) in [6.07, 6.45) is -0.261. The third-order valence-corrected chi connectivity index (χ3v) is 2.70. The zero-order valence-corrected chi connectivity index (χ0v) is 12.0. The number of carbonyl (C=O) groups is 2. The van der Waals surface area contributed by atoms with Gasteiger partial charge in [0.05, 0.1) is 13.0 Å². The van der Waals surface area contributed by atoms with Gasteiger partial charge in [-0.15, -0.1) is 0 Å². The maximum absolute atomic E-state index is 12.1. The molecule has 0 aliphatic rings. The second-order valence-corrected chi connectivity index (χ2v) is 4.56. The molecule has 0 aliphatic heterocycles. The third-order valence-electron chi connectivity index (χ3n) is 2.70. The highest BCUT2D eigenvalue weighted by molar-refractivity contribution is 5.80. The maximum atomic E-state index is 12.1. The van der Waals surface area contributed by atoms with Crippen molar-refractivity contribution in [2.45, 2.75) is 26.3 Å². The van der Waals surface area contributed by atoms with Gasteiger partial charge in [0.1, 0.15) is 5.75 Å². The highest BCUT2D eigenvalue weighted by Crippen LogP contribution is 2.25. The Hall–Kier alpha value is -2.50. The Morgan fingerprint density at radius 2 is 2.10 bits per heavy atom. The van der Waals surface area contributed by atoms with Crippen LogP contribution in [0.4, 0.5) is 0 Å². The molecule has 21 heavy (non-hydrogen) atoms. The van der Waals surface area contributed by atoms with Gasteiger partial charge in [0.25, 0.3) is 0 Å². The molecule has 6 heteroatoms. The summed E-state index contributed by atoms with van der Waals surface area (Å²) < 4.78 is 4.99. The number of carboxylic acid groups (broad SMARTS) is 1.